The van der Waals surface area contributed by atoms with Crippen LogP contribution in [0.2, 0.25) is 0 Å². The van der Waals surface area contributed by atoms with E-state index in [1.54, 1.807) is 18.2 Å². The molecule has 0 bridgehead atoms. The Morgan fingerprint density at radius 3 is 2.64 bits per heavy atom. The van der Waals surface area contributed by atoms with E-state index in [4.69, 9.17) is 4.74 Å². The third-order valence-electron chi connectivity index (χ3n) is 6.89. The molecule has 172 valence electrons. The molecule has 1 aliphatic heterocycles. The third-order valence-corrected chi connectivity index (χ3v) is 6.89. The number of methoxy groups -OCH3 is 1. The first kappa shape index (κ1) is 21.8. The molecule has 1 fully saturated rings. The lowest BCUT2D eigenvalue weighted by Gasteiger charge is -2.26. The van der Waals surface area contributed by atoms with Gasteiger partial charge < -0.3 is 9.30 Å². The average molecular weight is 453 g/mol. The maximum absolute atomic E-state index is 14.2. The van der Waals surface area contributed by atoms with Crippen LogP contribution in [-0.4, -0.2) is 54.1 Å². The topological polar surface area (TPSA) is 51.5 Å². The van der Waals surface area contributed by atoms with Crippen molar-refractivity contribution in [3.63, 3.8) is 0 Å². The Balaban J connectivity index is 1.49. The van der Waals surface area contributed by atoms with Gasteiger partial charge in [0.2, 0.25) is 0 Å². The second-order valence-corrected chi connectivity index (χ2v) is 9.00. The van der Waals surface area contributed by atoms with Crippen LogP contribution in [0, 0.1) is 11.7 Å². The molecule has 5 nitrogen and oxygen atoms in total. The molecule has 2 atom stereocenters. The molecule has 2 heterocycles. The third kappa shape index (κ3) is 4.06. The number of aromatic nitrogens is 1. The van der Waals surface area contributed by atoms with E-state index >= 15 is 0 Å². The maximum Gasteiger partial charge on any atom is 0.337 e. The molecule has 3 aromatic rings. The van der Waals surface area contributed by atoms with Gasteiger partial charge >= 0.3 is 5.97 Å². The van der Waals surface area contributed by atoms with Crippen molar-refractivity contribution in [2.45, 2.75) is 32.0 Å². The molecule has 5 rings (SSSR count). The second kappa shape index (κ2) is 8.71. The van der Waals surface area contributed by atoms with Crippen LogP contribution < -0.4 is 0 Å². The van der Waals surface area contributed by atoms with Gasteiger partial charge in [-0.3, -0.25) is 9.69 Å². The van der Waals surface area contributed by atoms with Crippen molar-refractivity contribution < 1.29 is 23.1 Å². The molecule has 1 saturated heterocycles. The summed E-state index contributed by atoms with van der Waals surface area (Å²) in [4.78, 5) is 27.3. The number of nitrogens with zero attached hydrogens (tertiary/aromatic N) is 2. The van der Waals surface area contributed by atoms with Crippen molar-refractivity contribution in [2.75, 3.05) is 26.7 Å². The van der Waals surface area contributed by atoms with Gasteiger partial charge in [0.05, 0.1) is 12.7 Å². The van der Waals surface area contributed by atoms with Gasteiger partial charge in [-0.05, 0) is 55.2 Å². The highest BCUT2D eigenvalue weighted by atomic mass is 19.1. The van der Waals surface area contributed by atoms with Crippen LogP contribution in [0.5, 0.6) is 0 Å². The Kier molecular flexibility index (Phi) is 5.74. The van der Waals surface area contributed by atoms with Gasteiger partial charge in [-0.2, -0.15) is 0 Å². The molecule has 1 aliphatic carbocycles. The molecule has 0 N–H and O–H groups in total. The van der Waals surface area contributed by atoms with Crippen LogP contribution in [-0.2, 0) is 17.7 Å². The summed E-state index contributed by atoms with van der Waals surface area (Å²) in [7, 11) is 1.34. The number of rotatable bonds is 5. The summed E-state index contributed by atoms with van der Waals surface area (Å²) in [6.07, 6.45) is 1.10. The molecule has 0 radical (unpaired) electrons. The van der Waals surface area contributed by atoms with Crippen LogP contribution in [0.25, 0.3) is 10.9 Å². The summed E-state index contributed by atoms with van der Waals surface area (Å²) >= 11 is 0. The minimum atomic E-state index is -0.819. The SMILES string of the molecule is COC(=O)c1ccc(Cn2c3c(c4cc(F)ccc42)C(=O)C(CN2CC[C@@H](F)C2)CC3)cc1. The normalized spacial score (nSPS) is 20.9. The number of benzene rings is 2. The lowest BCUT2D eigenvalue weighted by molar-refractivity contribution is 0.0600. The van der Waals surface area contributed by atoms with Crippen LogP contribution in [0.3, 0.4) is 0 Å². The second-order valence-electron chi connectivity index (χ2n) is 9.00. The summed E-state index contributed by atoms with van der Waals surface area (Å²) in [6.45, 7) is 2.12. The van der Waals surface area contributed by atoms with Crippen molar-refractivity contribution in [3.8, 4) is 0 Å². The average Bonchev–Trinajstić information content (AvgIpc) is 3.36. The van der Waals surface area contributed by atoms with E-state index in [1.807, 2.05) is 17.0 Å². The molecule has 33 heavy (non-hydrogen) atoms. The van der Waals surface area contributed by atoms with Crippen LogP contribution in [0.1, 0.15) is 44.8 Å². The predicted molar refractivity (Wildman–Crippen MR) is 121 cm³/mol. The number of carbonyl (C=O) groups is 2. The molecule has 7 heteroatoms. The van der Waals surface area contributed by atoms with E-state index in [0.717, 1.165) is 16.8 Å². The first-order chi connectivity index (χ1) is 15.9. The van der Waals surface area contributed by atoms with E-state index in [9.17, 15) is 18.4 Å². The number of halogens is 2. The number of likely N-dealkylation sites (tertiary alicyclic amines) is 1. The van der Waals surface area contributed by atoms with Crippen LogP contribution >= 0.6 is 0 Å². The van der Waals surface area contributed by atoms with E-state index < -0.39 is 12.1 Å². The van der Waals surface area contributed by atoms with Gasteiger partial charge in [0.15, 0.2) is 5.78 Å². The van der Waals surface area contributed by atoms with E-state index in [-0.39, 0.29) is 17.5 Å². The van der Waals surface area contributed by atoms with Gasteiger partial charge in [-0.15, -0.1) is 0 Å². The van der Waals surface area contributed by atoms with Crippen molar-refractivity contribution in [1.29, 1.82) is 0 Å². The Bertz CT molecular complexity index is 1220. The largest absolute Gasteiger partial charge is 0.465 e. The first-order valence-electron chi connectivity index (χ1n) is 11.3. The summed E-state index contributed by atoms with van der Waals surface area (Å²) in [6, 6.07) is 11.7. The minimum absolute atomic E-state index is 0.0222. The molecule has 0 spiro atoms. The van der Waals surface area contributed by atoms with Crippen LogP contribution in [0.4, 0.5) is 8.78 Å². The van der Waals surface area contributed by atoms with Crippen molar-refractivity contribution in [3.05, 3.63) is 70.7 Å². The van der Waals surface area contributed by atoms with Gasteiger partial charge in [0, 0.05) is 54.3 Å². The van der Waals surface area contributed by atoms with Crippen molar-refractivity contribution >= 4 is 22.7 Å². The maximum atomic E-state index is 14.2. The zero-order valence-corrected chi connectivity index (χ0v) is 18.5. The number of esters is 1. The fraction of sp³-hybridized carbons (Fsp3) is 0.385. The summed E-state index contributed by atoms with van der Waals surface area (Å²) in [5.74, 6) is -0.951. The standard InChI is InChI=1S/C26H26F2N2O3/c1-33-26(32)17-4-2-16(3-5-17)13-30-22-9-7-19(27)12-21(22)24-23(30)8-6-18(25(24)31)14-29-11-10-20(28)15-29/h2-5,7,9,12,18,20H,6,8,10-11,13-15H2,1H3/t18?,20-/m1/s1. The molecule has 2 aromatic carbocycles. The zero-order chi connectivity index (χ0) is 23.1. The quantitative estimate of drug-likeness (QED) is 0.539. The lowest BCUT2D eigenvalue weighted by Crippen LogP contribution is -2.35. The molecule has 1 aromatic heterocycles. The monoisotopic (exact) mass is 452 g/mol. The fourth-order valence-corrected chi connectivity index (χ4v) is 5.23. The van der Waals surface area contributed by atoms with E-state index in [2.05, 4.69) is 4.57 Å². The smallest absolute Gasteiger partial charge is 0.337 e. The lowest BCUT2D eigenvalue weighted by atomic mass is 9.84. The molecule has 2 aliphatic rings. The molecule has 0 saturated carbocycles. The number of hydrogen-bond donors (Lipinski definition) is 0. The van der Waals surface area contributed by atoms with E-state index in [1.165, 1.54) is 19.2 Å². The Hall–Kier alpha value is -3.06. The molecular formula is C26H26F2N2O3. The highest BCUT2D eigenvalue weighted by Crippen LogP contribution is 2.36. The number of ether oxygens (including phenoxy) is 1. The number of fused-ring (bicyclic) bond motifs is 3. The molecule has 0 amide bonds. The summed E-state index contributed by atoms with van der Waals surface area (Å²) in [5, 5.41) is 0.635. The highest BCUT2D eigenvalue weighted by Gasteiger charge is 2.35. The molecular weight excluding hydrogens is 426 g/mol. The Labute approximate surface area is 190 Å². The molecule has 1 unspecified atom stereocenters. The predicted octanol–water partition coefficient (Wildman–Crippen LogP) is 4.40. The summed E-state index contributed by atoms with van der Waals surface area (Å²) < 4.78 is 34.6. The van der Waals surface area contributed by atoms with Crippen molar-refractivity contribution in [2.24, 2.45) is 5.92 Å². The van der Waals surface area contributed by atoms with E-state index in [0.29, 0.717) is 62.0 Å². The first-order valence-corrected chi connectivity index (χ1v) is 11.3. The number of hydrogen-bond acceptors (Lipinski definition) is 4. The van der Waals surface area contributed by atoms with Crippen molar-refractivity contribution in [1.82, 2.24) is 9.47 Å². The summed E-state index contributed by atoms with van der Waals surface area (Å²) in [5.41, 5.74) is 3.77. The zero-order valence-electron chi connectivity index (χ0n) is 18.5. The van der Waals surface area contributed by atoms with Gasteiger partial charge in [-0.25, -0.2) is 13.6 Å². The number of Topliss-reactive ketones (excluding diaryl/α,β-unsaturated/α-hetero) is 1. The number of carbonyl (C=O) groups excluding carboxylic acids is 2. The fourth-order valence-electron chi connectivity index (χ4n) is 5.23. The van der Waals surface area contributed by atoms with Gasteiger partial charge in [-0.1, -0.05) is 12.1 Å². The van der Waals surface area contributed by atoms with Crippen LogP contribution in [0.15, 0.2) is 42.5 Å². The number of ketones is 1. The number of alkyl halides is 1. The highest BCUT2D eigenvalue weighted by molar-refractivity contribution is 6.11. The van der Waals surface area contributed by atoms with Gasteiger partial charge in [0.1, 0.15) is 12.0 Å². The Morgan fingerprint density at radius 1 is 1.15 bits per heavy atom. The minimum Gasteiger partial charge on any atom is -0.465 e. The Morgan fingerprint density at radius 2 is 1.94 bits per heavy atom. The van der Waals surface area contributed by atoms with Gasteiger partial charge in [0.25, 0.3) is 0 Å².